The molecule has 0 radical (unpaired) electrons. The van der Waals surface area contributed by atoms with Gasteiger partial charge >= 0.3 is 6.18 Å². The topological polar surface area (TPSA) is 68.2 Å². The average Bonchev–Trinajstić information content (AvgIpc) is 3.16. The second kappa shape index (κ2) is 6.80. The molecular formula is C19H15F3N4O2S. The van der Waals surface area contributed by atoms with Gasteiger partial charge in [-0.2, -0.15) is 13.2 Å². The third-order valence-electron chi connectivity index (χ3n) is 4.22. The van der Waals surface area contributed by atoms with Crippen LogP contribution in [0.2, 0.25) is 0 Å². The molecule has 4 rings (SSSR count). The number of halogens is 3. The van der Waals surface area contributed by atoms with Crippen molar-refractivity contribution < 1.29 is 22.7 Å². The number of carbonyl (C=O) groups is 1. The highest BCUT2D eigenvalue weighted by atomic mass is 32.1. The van der Waals surface area contributed by atoms with Gasteiger partial charge in [-0.15, -0.1) is 11.3 Å². The van der Waals surface area contributed by atoms with Crippen molar-refractivity contribution in [2.75, 3.05) is 11.4 Å². The molecule has 0 aliphatic carbocycles. The second-order valence-corrected chi connectivity index (χ2v) is 8.07. The molecule has 1 aromatic carbocycles. The highest BCUT2D eigenvalue weighted by molar-refractivity contribution is 7.16. The molecule has 1 amide bonds. The summed E-state index contributed by atoms with van der Waals surface area (Å²) in [6, 6.07) is 4.79. The highest BCUT2D eigenvalue weighted by Crippen LogP contribution is 2.42. The minimum Gasteiger partial charge on any atom is -0.484 e. The van der Waals surface area contributed by atoms with Gasteiger partial charge in [0, 0.05) is 12.4 Å². The number of nitrogens with zero attached hydrogens (tertiary/aromatic N) is 4. The summed E-state index contributed by atoms with van der Waals surface area (Å²) in [5, 5.41) is 0.450. The number of alkyl halides is 3. The maximum atomic E-state index is 13.2. The highest BCUT2D eigenvalue weighted by Gasteiger charge is 2.39. The van der Waals surface area contributed by atoms with Crippen LogP contribution >= 0.6 is 11.3 Å². The van der Waals surface area contributed by atoms with Gasteiger partial charge in [-0.25, -0.2) is 15.0 Å². The Labute approximate surface area is 168 Å². The normalized spacial score (nSPS) is 15.6. The number of ether oxygens (including phenoxy) is 1. The summed E-state index contributed by atoms with van der Waals surface area (Å²) < 4.78 is 45.3. The van der Waals surface area contributed by atoms with Gasteiger partial charge in [0.1, 0.15) is 16.2 Å². The van der Waals surface area contributed by atoms with E-state index in [0.717, 1.165) is 23.5 Å². The Morgan fingerprint density at radius 3 is 2.62 bits per heavy atom. The van der Waals surface area contributed by atoms with E-state index in [2.05, 4.69) is 15.0 Å². The van der Waals surface area contributed by atoms with Crippen LogP contribution in [0.4, 0.5) is 18.9 Å². The largest absolute Gasteiger partial charge is 0.484 e. The molecule has 3 aromatic rings. The molecule has 10 heteroatoms. The van der Waals surface area contributed by atoms with Crippen LogP contribution in [0.15, 0.2) is 42.9 Å². The van der Waals surface area contributed by atoms with Crippen molar-refractivity contribution in [2.24, 2.45) is 0 Å². The summed E-state index contributed by atoms with van der Waals surface area (Å²) in [5.41, 5.74) is -1.53. The maximum Gasteiger partial charge on any atom is 0.416 e. The van der Waals surface area contributed by atoms with Crippen LogP contribution in [-0.4, -0.2) is 33.0 Å². The lowest BCUT2D eigenvalue weighted by atomic mass is 10.0. The molecule has 0 saturated heterocycles. The Balaban J connectivity index is 1.73. The molecule has 1 aliphatic rings. The lowest BCUT2D eigenvalue weighted by molar-refractivity contribution is -0.137. The van der Waals surface area contributed by atoms with Crippen LogP contribution in [0.1, 0.15) is 29.1 Å². The van der Waals surface area contributed by atoms with E-state index in [0.29, 0.717) is 10.8 Å². The maximum absolute atomic E-state index is 13.2. The van der Waals surface area contributed by atoms with Crippen LogP contribution in [0.25, 0.3) is 10.8 Å². The number of aromatic nitrogens is 3. The van der Waals surface area contributed by atoms with Gasteiger partial charge in [-0.05, 0) is 38.1 Å². The predicted molar refractivity (Wildman–Crippen MR) is 101 cm³/mol. The van der Waals surface area contributed by atoms with E-state index in [1.165, 1.54) is 17.2 Å². The van der Waals surface area contributed by atoms with Gasteiger partial charge in [-0.1, -0.05) is 0 Å². The first-order chi connectivity index (χ1) is 13.6. The van der Waals surface area contributed by atoms with Crippen LogP contribution in [0.3, 0.4) is 0 Å². The molecule has 2 aromatic heterocycles. The molecule has 0 unspecified atom stereocenters. The van der Waals surface area contributed by atoms with Crippen molar-refractivity contribution in [1.82, 2.24) is 15.0 Å². The van der Waals surface area contributed by atoms with Gasteiger partial charge < -0.3 is 9.64 Å². The summed E-state index contributed by atoms with van der Waals surface area (Å²) in [4.78, 5) is 27.1. The quantitative estimate of drug-likeness (QED) is 0.613. The number of thiazole rings is 1. The molecular weight excluding hydrogens is 405 g/mol. The zero-order valence-electron chi connectivity index (χ0n) is 15.4. The lowest BCUT2D eigenvalue weighted by Crippen LogP contribution is -2.49. The van der Waals surface area contributed by atoms with Gasteiger partial charge in [0.2, 0.25) is 0 Å². The Morgan fingerprint density at radius 2 is 1.93 bits per heavy atom. The fraction of sp³-hybridized carbons (Fsp3) is 0.263. The fourth-order valence-electron chi connectivity index (χ4n) is 2.99. The van der Waals surface area contributed by atoms with Crippen LogP contribution in [0.5, 0.6) is 5.75 Å². The van der Waals surface area contributed by atoms with Crippen molar-refractivity contribution in [3.05, 3.63) is 53.3 Å². The number of anilines is 1. The standard InChI is InChI=1S/C19H15F3N4O2S/c1-18(2)10-26(12-8-11(19(20,21)22)4-5-13(12)28-18)17(27)14-9-25-16(29-14)15-23-6-3-7-24-15/h3-9H,10H2,1-2H3. The predicted octanol–water partition coefficient (Wildman–Crippen LogP) is 4.44. The van der Waals surface area contributed by atoms with E-state index in [1.807, 2.05) is 0 Å². The second-order valence-electron chi connectivity index (χ2n) is 7.04. The molecule has 29 heavy (non-hydrogen) atoms. The first-order valence-electron chi connectivity index (χ1n) is 8.59. The van der Waals surface area contributed by atoms with E-state index in [-0.39, 0.29) is 22.9 Å². The van der Waals surface area contributed by atoms with Gasteiger partial charge in [0.25, 0.3) is 5.91 Å². The minimum atomic E-state index is -4.53. The number of carbonyl (C=O) groups excluding carboxylic acids is 1. The minimum absolute atomic E-state index is 0.0788. The van der Waals surface area contributed by atoms with E-state index in [4.69, 9.17) is 4.74 Å². The first-order valence-corrected chi connectivity index (χ1v) is 9.41. The van der Waals surface area contributed by atoms with Gasteiger partial charge in [0.05, 0.1) is 24.0 Å². The molecule has 6 nitrogen and oxygen atoms in total. The SMILES string of the molecule is CC1(C)CN(C(=O)c2cnc(-c3ncccn3)s2)c2cc(C(F)(F)F)ccc2O1. The summed E-state index contributed by atoms with van der Waals surface area (Å²) >= 11 is 1.08. The van der Waals surface area contributed by atoms with Crippen molar-refractivity contribution in [2.45, 2.75) is 25.6 Å². The molecule has 0 fully saturated rings. The molecule has 0 N–H and O–H groups in total. The van der Waals surface area contributed by atoms with E-state index in [9.17, 15) is 18.0 Å². The Hall–Kier alpha value is -3.01. The lowest BCUT2D eigenvalue weighted by Gasteiger charge is -2.39. The average molecular weight is 420 g/mol. The molecule has 0 saturated carbocycles. The van der Waals surface area contributed by atoms with Crippen LogP contribution in [-0.2, 0) is 6.18 Å². The monoisotopic (exact) mass is 420 g/mol. The zero-order valence-corrected chi connectivity index (χ0v) is 16.2. The Kier molecular flexibility index (Phi) is 4.53. The molecule has 1 aliphatic heterocycles. The van der Waals surface area contributed by atoms with Crippen molar-refractivity contribution >= 4 is 22.9 Å². The number of benzene rings is 1. The summed E-state index contributed by atoms with van der Waals surface area (Å²) in [5.74, 6) is 0.138. The Morgan fingerprint density at radius 1 is 1.21 bits per heavy atom. The molecule has 0 spiro atoms. The molecule has 0 atom stereocenters. The van der Waals surface area contributed by atoms with Crippen molar-refractivity contribution in [3.63, 3.8) is 0 Å². The number of hydrogen-bond acceptors (Lipinski definition) is 6. The summed E-state index contributed by atoms with van der Waals surface area (Å²) in [6.45, 7) is 3.63. The van der Waals surface area contributed by atoms with E-state index >= 15 is 0 Å². The van der Waals surface area contributed by atoms with Crippen LogP contribution < -0.4 is 9.64 Å². The van der Waals surface area contributed by atoms with Crippen molar-refractivity contribution in [1.29, 1.82) is 0 Å². The number of rotatable bonds is 2. The van der Waals surface area contributed by atoms with E-state index in [1.54, 1.807) is 32.3 Å². The molecule has 0 bridgehead atoms. The van der Waals surface area contributed by atoms with Crippen LogP contribution in [0, 0.1) is 0 Å². The number of amides is 1. The summed E-state index contributed by atoms with van der Waals surface area (Å²) in [7, 11) is 0. The smallest absolute Gasteiger partial charge is 0.416 e. The molecule has 150 valence electrons. The van der Waals surface area contributed by atoms with E-state index < -0.39 is 23.2 Å². The number of fused-ring (bicyclic) bond motifs is 1. The third kappa shape index (κ3) is 3.80. The van der Waals surface area contributed by atoms with Gasteiger partial charge in [0.15, 0.2) is 10.8 Å². The Bertz CT molecular complexity index is 1070. The number of hydrogen-bond donors (Lipinski definition) is 0. The third-order valence-corrected chi connectivity index (χ3v) is 5.20. The van der Waals surface area contributed by atoms with Gasteiger partial charge in [-0.3, -0.25) is 4.79 Å². The first kappa shape index (κ1) is 19.3. The fourth-order valence-corrected chi connectivity index (χ4v) is 3.80. The zero-order chi connectivity index (χ0) is 20.8. The van der Waals surface area contributed by atoms with Crippen molar-refractivity contribution in [3.8, 4) is 16.6 Å². The summed E-state index contributed by atoms with van der Waals surface area (Å²) in [6.07, 6.45) is -0.0251. The molecule has 3 heterocycles.